The van der Waals surface area contributed by atoms with Crippen LogP contribution in [-0.2, 0) is 9.47 Å². The standard InChI is InChI=1S/C18H34O5/c1-2-3-4-5-6-7-8-9-10-11-12-22-13-16(20)18-17(21)15(19)14-23-18/h7-8,15-21H,2-6,9-14H2,1H3/b8-7+/t15-,16+,17+,18+/m0/s1. The van der Waals surface area contributed by atoms with Gasteiger partial charge in [-0.2, -0.15) is 0 Å². The van der Waals surface area contributed by atoms with Gasteiger partial charge in [0.15, 0.2) is 0 Å². The highest BCUT2D eigenvalue weighted by Gasteiger charge is 2.39. The summed E-state index contributed by atoms with van der Waals surface area (Å²) in [5.41, 5.74) is 0. The predicted octanol–water partition coefficient (Wildman–Crippen LogP) is 2.18. The zero-order valence-corrected chi connectivity index (χ0v) is 14.4. The number of hydrogen-bond acceptors (Lipinski definition) is 5. The minimum Gasteiger partial charge on any atom is -0.388 e. The lowest BCUT2D eigenvalue weighted by Crippen LogP contribution is -2.40. The fourth-order valence-corrected chi connectivity index (χ4v) is 2.65. The average Bonchev–Trinajstić information content (AvgIpc) is 2.88. The summed E-state index contributed by atoms with van der Waals surface area (Å²) in [7, 11) is 0. The molecular weight excluding hydrogens is 296 g/mol. The highest BCUT2D eigenvalue weighted by molar-refractivity contribution is 4.87. The Balaban J connectivity index is 1.90. The van der Waals surface area contributed by atoms with Gasteiger partial charge in [-0.1, -0.05) is 38.3 Å². The summed E-state index contributed by atoms with van der Waals surface area (Å²) in [4.78, 5) is 0. The molecule has 0 radical (unpaired) electrons. The number of unbranched alkanes of at least 4 members (excludes halogenated alkanes) is 6. The van der Waals surface area contributed by atoms with Gasteiger partial charge in [0.1, 0.15) is 24.4 Å². The van der Waals surface area contributed by atoms with Crippen LogP contribution in [0.5, 0.6) is 0 Å². The third-order valence-electron chi connectivity index (χ3n) is 4.16. The van der Waals surface area contributed by atoms with E-state index in [1.807, 2.05) is 0 Å². The summed E-state index contributed by atoms with van der Waals surface area (Å²) in [5.74, 6) is 0. The Bertz CT molecular complexity index is 308. The minimum absolute atomic E-state index is 0.0632. The maximum absolute atomic E-state index is 9.87. The number of allylic oxidation sites excluding steroid dienone is 2. The van der Waals surface area contributed by atoms with Crippen LogP contribution in [0, 0.1) is 0 Å². The Morgan fingerprint density at radius 1 is 1.09 bits per heavy atom. The van der Waals surface area contributed by atoms with Crippen molar-refractivity contribution < 1.29 is 24.8 Å². The van der Waals surface area contributed by atoms with E-state index < -0.39 is 24.4 Å². The van der Waals surface area contributed by atoms with Crippen LogP contribution in [-0.4, -0.2) is 59.6 Å². The SMILES string of the molecule is CCCCCC/C=C/CCCCOC[C@@H](O)[C@H]1OC[C@H](O)[C@H]1O. The predicted molar refractivity (Wildman–Crippen MR) is 90.3 cm³/mol. The molecule has 5 heteroatoms. The van der Waals surface area contributed by atoms with Gasteiger partial charge >= 0.3 is 0 Å². The van der Waals surface area contributed by atoms with Gasteiger partial charge in [-0.05, 0) is 32.1 Å². The highest BCUT2D eigenvalue weighted by atomic mass is 16.5. The normalized spacial score (nSPS) is 26.2. The topological polar surface area (TPSA) is 79.2 Å². The van der Waals surface area contributed by atoms with Gasteiger partial charge in [-0.3, -0.25) is 0 Å². The molecule has 0 aromatic carbocycles. The highest BCUT2D eigenvalue weighted by Crippen LogP contribution is 2.17. The summed E-state index contributed by atoms with van der Waals surface area (Å²) in [6.07, 6.45) is 10.4. The molecule has 0 aromatic rings. The molecule has 1 rings (SSSR count). The van der Waals surface area contributed by atoms with E-state index >= 15 is 0 Å². The molecule has 0 amide bonds. The lowest BCUT2D eigenvalue weighted by molar-refractivity contribution is -0.0813. The van der Waals surface area contributed by atoms with Gasteiger partial charge < -0.3 is 24.8 Å². The lowest BCUT2D eigenvalue weighted by atomic mass is 10.1. The van der Waals surface area contributed by atoms with Crippen LogP contribution in [0.25, 0.3) is 0 Å². The van der Waals surface area contributed by atoms with Crippen molar-refractivity contribution >= 4 is 0 Å². The van der Waals surface area contributed by atoms with E-state index in [0.717, 1.165) is 19.3 Å². The van der Waals surface area contributed by atoms with E-state index in [4.69, 9.17) is 9.47 Å². The number of rotatable bonds is 13. The van der Waals surface area contributed by atoms with Gasteiger partial charge in [0.05, 0.1) is 13.2 Å². The van der Waals surface area contributed by atoms with Crippen LogP contribution in [0.4, 0.5) is 0 Å². The largest absolute Gasteiger partial charge is 0.388 e. The van der Waals surface area contributed by atoms with Crippen LogP contribution >= 0.6 is 0 Å². The van der Waals surface area contributed by atoms with Crippen LogP contribution < -0.4 is 0 Å². The molecule has 0 saturated carbocycles. The first-order valence-electron chi connectivity index (χ1n) is 9.05. The first-order chi connectivity index (χ1) is 11.2. The zero-order chi connectivity index (χ0) is 16.9. The molecule has 0 aromatic heterocycles. The lowest BCUT2D eigenvalue weighted by Gasteiger charge is -2.20. The Morgan fingerprint density at radius 3 is 2.39 bits per heavy atom. The van der Waals surface area contributed by atoms with Crippen LogP contribution in [0.15, 0.2) is 12.2 Å². The molecule has 0 unspecified atom stereocenters. The fourth-order valence-electron chi connectivity index (χ4n) is 2.65. The zero-order valence-electron chi connectivity index (χ0n) is 14.4. The molecule has 23 heavy (non-hydrogen) atoms. The van der Waals surface area contributed by atoms with Gasteiger partial charge in [-0.15, -0.1) is 0 Å². The van der Waals surface area contributed by atoms with Gasteiger partial charge in [-0.25, -0.2) is 0 Å². The molecule has 0 aliphatic carbocycles. The van der Waals surface area contributed by atoms with Crippen molar-refractivity contribution in [2.24, 2.45) is 0 Å². The van der Waals surface area contributed by atoms with Crippen molar-refractivity contribution in [1.29, 1.82) is 0 Å². The second-order valence-electron chi connectivity index (χ2n) is 6.31. The average molecular weight is 330 g/mol. The maximum atomic E-state index is 9.87. The van der Waals surface area contributed by atoms with Crippen LogP contribution in [0.2, 0.25) is 0 Å². The molecule has 1 fully saturated rings. The van der Waals surface area contributed by atoms with E-state index in [0.29, 0.717) is 6.61 Å². The number of hydrogen-bond donors (Lipinski definition) is 3. The molecule has 1 heterocycles. The molecular formula is C18H34O5. The molecule has 1 aliphatic rings. The van der Waals surface area contributed by atoms with Crippen molar-refractivity contribution in [1.82, 2.24) is 0 Å². The first-order valence-corrected chi connectivity index (χ1v) is 9.05. The summed E-state index contributed by atoms with van der Waals surface area (Å²) in [6, 6.07) is 0. The van der Waals surface area contributed by atoms with Crippen LogP contribution in [0.3, 0.4) is 0 Å². The Hall–Kier alpha value is -0.460. The second kappa shape index (κ2) is 12.9. The van der Waals surface area contributed by atoms with Crippen molar-refractivity contribution in [3.8, 4) is 0 Å². The Labute approximate surface area is 140 Å². The third kappa shape index (κ3) is 8.82. The molecule has 0 spiro atoms. The second-order valence-corrected chi connectivity index (χ2v) is 6.31. The van der Waals surface area contributed by atoms with Crippen molar-refractivity contribution in [2.75, 3.05) is 19.8 Å². The summed E-state index contributed by atoms with van der Waals surface area (Å²) in [5, 5.41) is 28.8. The molecule has 5 nitrogen and oxygen atoms in total. The van der Waals surface area contributed by atoms with Gasteiger partial charge in [0, 0.05) is 6.61 Å². The molecule has 1 aliphatic heterocycles. The molecule has 3 N–H and O–H groups in total. The van der Waals surface area contributed by atoms with E-state index in [-0.39, 0.29) is 13.2 Å². The van der Waals surface area contributed by atoms with Crippen molar-refractivity contribution in [2.45, 2.75) is 82.7 Å². The quantitative estimate of drug-likeness (QED) is 0.356. The molecule has 1 saturated heterocycles. The molecule has 0 bridgehead atoms. The van der Waals surface area contributed by atoms with Gasteiger partial charge in [0.2, 0.25) is 0 Å². The number of aliphatic hydroxyl groups excluding tert-OH is 3. The van der Waals surface area contributed by atoms with E-state index in [9.17, 15) is 15.3 Å². The number of ether oxygens (including phenoxy) is 2. The first kappa shape index (κ1) is 20.6. The van der Waals surface area contributed by atoms with Crippen molar-refractivity contribution in [3.05, 3.63) is 12.2 Å². The van der Waals surface area contributed by atoms with E-state index in [1.165, 1.54) is 32.1 Å². The minimum atomic E-state index is -1.03. The fraction of sp³-hybridized carbons (Fsp3) is 0.889. The smallest absolute Gasteiger partial charge is 0.114 e. The summed E-state index contributed by atoms with van der Waals surface area (Å²) >= 11 is 0. The number of aliphatic hydroxyl groups is 3. The molecule has 136 valence electrons. The van der Waals surface area contributed by atoms with Gasteiger partial charge in [0.25, 0.3) is 0 Å². The van der Waals surface area contributed by atoms with E-state index in [2.05, 4.69) is 19.1 Å². The summed E-state index contributed by atoms with van der Waals surface area (Å²) < 4.78 is 10.6. The monoisotopic (exact) mass is 330 g/mol. The molecule has 4 atom stereocenters. The maximum Gasteiger partial charge on any atom is 0.114 e. The third-order valence-corrected chi connectivity index (χ3v) is 4.16. The van der Waals surface area contributed by atoms with Crippen LogP contribution in [0.1, 0.15) is 58.3 Å². The van der Waals surface area contributed by atoms with Crippen molar-refractivity contribution in [3.63, 3.8) is 0 Å². The van der Waals surface area contributed by atoms with E-state index in [1.54, 1.807) is 0 Å². The summed E-state index contributed by atoms with van der Waals surface area (Å²) in [6.45, 7) is 3.01. The Kier molecular flexibility index (Phi) is 11.5. The Morgan fingerprint density at radius 2 is 1.78 bits per heavy atom.